The molecular formula is C72H60N6O6S6. The van der Waals surface area contributed by atoms with Crippen LogP contribution in [-0.2, 0) is 38.9 Å². The molecule has 3 aliphatic carbocycles. The first-order valence-corrected chi connectivity index (χ1v) is 34.7. The van der Waals surface area contributed by atoms with Gasteiger partial charge in [-0.05, 0) is 104 Å². The van der Waals surface area contributed by atoms with Gasteiger partial charge in [0, 0.05) is 108 Å². The van der Waals surface area contributed by atoms with Gasteiger partial charge in [0.2, 0.25) is 0 Å². The second-order valence-electron chi connectivity index (χ2n) is 22.8. The average molecular weight is 1300 g/mol. The van der Waals surface area contributed by atoms with Crippen molar-refractivity contribution in [3.63, 3.8) is 0 Å². The number of thiazole rings is 3. The monoisotopic (exact) mass is 1300 g/mol. The number of nitrogens with zero attached hydrogens (tertiary/aromatic N) is 6. The minimum atomic E-state index is -0.0183. The van der Waals surface area contributed by atoms with Crippen LogP contribution < -0.4 is 59.0 Å². The van der Waals surface area contributed by atoms with E-state index in [2.05, 4.69) is 95.3 Å². The molecule has 16 rings (SSSR count). The fraction of sp³-hybridized carbons (Fsp3) is 0.194. The number of thioether (sulfide) groups is 3. The van der Waals surface area contributed by atoms with Gasteiger partial charge in [-0.15, -0.1) is 34.0 Å². The normalized spacial score (nSPS) is 18.8. The van der Waals surface area contributed by atoms with Gasteiger partial charge >= 0.3 is 0 Å². The van der Waals surface area contributed by atoms with E-state index in [1.54, 1.807) is 49.0 Å². The topological polar surface area (TPSA) is 127 Å². The number of anilines is 3. The SMILES string of the molecule is CCn1c(=O)/c(=C2/Sc3c(ccc4ccccc34)N2C)s/c1=C1\Cc2ccccc2C1=O.CCn1c(=O)/c(=C2\Sc3cc(C)ccc3N2C)s/c1=C1/Cc2ccccc2C1=O.CCn1c(=O)/c(=C2\Sc3cc(C)ccc3N2C)s/c1=C1/Cc2ccccc2C1=O. The molecule has 3 aliphatic heterocycles. The van der Waals surface area contributed by atoms with E-state index in [0.717, 1.165) is 106 Å². The van der Waals surface area contributed by atoms with Crippen molar-refractivity contribution in [3.8, 4) is 0 Å². The van der Waals surface area contributed by atoms with Gasteiger partial charge in [-0.1, -0.05) is 151 Å². The second kappa shape index (κ2) is 23.5. The maximum Gasteiger partial charge on any atom is 0.271 e. The zero-order valence-electron chi connectivity index (χ0n) is 50.7. The van der Waals surface area contributed by atoms with Gasteiger partial charge in [0.1, 0.15) is 42.7 Å². The summed E-state index contributed by atoms with van der Waals surface area (Å²) in [7, 11) is 6.02. The zero-order chi connectivity index (χ0) is 62.5. The van der Waals surface area contributed by atoms with E-state index < -0.39 is 0 Å². The summed E-state index contributed by atoms with van der Waals surface area (Å²) in [6.07, 6.45) is 1.76. The molecule has 0 spiro atoms. The molecule has 3 aromatic heterocycles. The molecule has 0 amide bonds. The van der Waals surface area contributed by atoms with Crippen LogP contribution >= 0.6 is 69.3 Å². The maximum atomic E-state index is 13.5. The highest BCUT2D eigenvalue weighted by Gasteiger charge is 2.33. The summed E-state index contributed by atoms with van der Waals surface area (Å²) in [4.78, 5) is 89.0. The third-order valence-corrected chi connectivity index (χ3v) is 25.2. The summed E-state index contributed by atoms with van der Waals surface area (Å²) in [6, 6.07) is 48.5. The van der Waals surface area contributed by atoms with E-state index in [-0.39, 0.29) is 34.0 Å². The van der Waals surface area contributed by atoms with E-state index >= 15 is 0 Å². The first-order chi connectivity index (χ1) is 43.6. The average Bonchev–Trinajstić information content (AvgIpc) is 1.63. The Morgan fingerprint density at radius 1 is 0.389 bits per heavy atom. The van der Waals surface area contributed by atoms with Crippen molar-refractivity contribution >= 4 is 146 Å². The van der Waals surface area contributed by atoms with Crippen LogP contribution in [0.25, 0.3) is 42.6 Å². The van der Waals surface area contributed by atoms with Gasteiger partial charge in [0.15, 0.2) is 17.3 Å². The Hall–Kier alpha value is -8.23. The van der Waals surface area contributed by atoms with Crippen LogP contribution in [0.15, 0.2) is 175 Å². The molecule has 12 nitrogen and oxygen atoms in total. The van der Waals surface area contributed by atoms with Gasteiger partial charge in [0.25, 0.3) is 16.7 Å². The van der Waals surface area contributed by atoms with Crippen LogP contribution in [0.1, 0.15) is 79.7 Å². The number of rotatable bonds is 3. The number of carbonyl (C=O) groups excluding carboxylic acids is 3. The predicted molar refractivity (Wildman–Crippen MR) is 373 cm³/mol. The van der Waals surface area contributed by atoms with Crippen molar-refractivity contribution in [3.05, 3.63) is 249 Å². The van der Waals surface area contributed by atoms with E-state index in [4.69, 9.17) is 0 Å². The van der Waals surface area contributed by atoms with Crippen LogP contribution in [0.2, 0.25) is 0 Å². The number of aryl methyl sites for hydroxylation is 2. The van der Waals surface area contributed by atoms with E-state index in [9.17, 15) is 28.8 Å². The van der Waals surface area contributed by atoms with E-state index in [1.165, 1.54) is 60.8 Å². The van der Waals surface area contributed by atoms with Crippen LogP contribution in [-0.4, -0.2) is 52.2 Å². The number of ketones is 3. The van der Waals surface area contributed by atoms with Crippen molar-refractivity contribution in [1.29, 1.82) is 0 Å². The lowest BCUT2D eigenvalue weighted by Gasteiger charge is -2.12. The Labute approximate surface area is 543 Å². The predicted octanol–water partition coefficient (Wildman–Crippen LogP) is 10.3. The number of hydrogen-bond acceptors (Lipinski definition) is 15. The Bertz CT molecular complexity index is 5200. The van der Waals surface area contributed by atoms with Crippen LogP contribution in [0.3, 0.4) is 0 Å². The fourth-order valence-corrected chi connectivity index (χ4v) is 20.7. The molecule has 6 aliphatic rings. The molecule has 0 saturated carbocycles. The molecule has 450 valence electrons. The molecule has 0 radical (unpaired) electrons. The minimum Gasteiger partial charge on any atom is -0.337 e. The summed E-state index contributed by atoms with van der Waals surface area (Å²) < 4.78 is 9.77. The molecule has 6 heterocycles. The molecule has 0 bridgehead atoms. The van der Waals surface area contributed by atoms with Crippen molar-refractivity contribution in [2.75, 3.05) is 35.8 Å². The molecule has 7 aromatic carbocycles. The van der Waals surface area contributed by atoms with Crippen LogP contribution in [0, 0.1) is 13.8 Å². The second-order valence-corrected chi connectivity index (χ2v) is 28.8. The van der Waals surface area contributed by atoms with E-state index in [1.807, 2.05) is 121 Å². The molecule has 0 N–H and O–H groups in total. The number of fused-ring (bicyclic) bond motifs is 8. The Morgan fingerprint density at radius 3 is 1.12 bits per heavy atom. The van der Waals surface area contributed by atoms with Crippen LogP contribution in [0.5, 0.6) is 0 Å². The summed E-state index contributed by atoms with van der Waals surface area (Å²) in [6.45, 7) is 11.7. The third kappa shape index (κ3) is 9.80. The molecule has 18 heteroatoms. The highest BCUT2D eigenvalue weighted by Crippen LogP contribution is 2.50. The lowest BCUT2D eigenvalue weighted by molar-refractivity contribution is 0.105. The first kappa shape index (κ1) is 59.4. The van der Waals surface area contributed by atoms with E-state index in [0.29, 0.717) is 52.5 Å². The Balaban J connectivity index is 0.000000118. The third-order valence-electron chi connectivity index (χ3n) is 17.4. The van der Waals surface area contributed by atoms with Crippen LogP contribution in [0.4, 0.5) is 17.1 Å². The molecule has 0 atom stereocenters. The van der Waals surface area contributed by atoms with Crippen molar-refractivity contribution < 1.29 is 14.4 Å². The number of aromatic nitrogens is 3. The molecule has 10 aromatic rings. The highest BCUT2D eigenvalue weighted by molar-refractivity contribution is 8.09. The quantitative estimate of drug-likeness (QED) is 0.167. The Morgan fingerprint density at radius 2 is 0.733 bits per heavy atom. The zero-order valence-corrected chi connectivity index (χ0v) is 55.6. The summed E-state index contributed by atoms with van der Waals surface area (Å²) in [5.74, 6) is 0.140. The Kier molecular flexibility index (Phi) is 15.5. The summed E-state index contributed by atoms with van der Waals surface area (Å²) >= 11 is 9.27. The lowest BCUT2D eigenvalue weighted by atomic mass is 10.1. The number of carbonyl (C=O) groups is 3. The number of benzene rings is 7. The van der Waals surface area contributed by atoms with Crippen molar-refractivity contribution in [1.82, 2.24) is 13.7 Å². The van der Waals surface area contributed by atoms with Gasteiger partial charge in [-0.25, -0.2) is 0 Å². The number of hydrogen-bond donors (Lipinski definition) is 0. The molecule has 0 unspecified atom stereocenters. The molecule has 0 fully saturated rings. The van der Waals surface area contributed by atoms with Gasteiger partial charge in [0.05, 0.1) is 17.1 Å². The van der Waals surface area contributed by atoms with Crippen molar-refractivity contribution in [2.45, 2.75) is 88.2 Å². The summed E-state index contributed by atoms with van der Waals surface area (Å²) in [5.41, 5.74) is 13.3. The molecule has 90 heavy (non-hydrogen) atoms. The fourth-order valence-electron chi connectivity index (χ4n) is 12.7. The standard InChI is InChI=1S/C26H20N2O2S2.2C23H20N2O2S2/c1-3-28-24(30)23(32-25(28)19-14-16-9-5-6-10-17(16)21(19)29)26-27(2)20-13-12-15-8-4-7-11-18(15)22(20)31-26;2*1-4-25-21(27)20(23-24(3)17-10-9-13(2)11-18(17)28-23)29-22(25)16-12-14-7-5-6-8-15(14)19(16)26/h4-13H,3,14H2,1-2H3;2*5-11H,4,12H2,1-3H3/b25-19+,26-23-;2*22-16-,23-20+. The molecule has 0 saturated heterocycles. The first-order valence-electron chi connectivity index (χ1n) is 29.8. The maximum absolute atomic E-state index is 13.5. The lowest BCUT2D eigenvalue weighted by Crippen LogP contribution is -2.34. The highest BCUT2D eigenvalue weighted by atomic mass is 32.2. The van der Waals surface area contributed by atoms with Gasteiger partial charge in [-0.2, -0.15) is 0 Å². The largest absolute Gasteiger partial charge is 0.337 e. The summed E-state index contributed by atoms with van der Waals surface area (Å²) in [5, 5.41) is 5.20. The number of Topliss-reactive ketones (excluding diaryl/α,β-unsaturated/α-hetero) is 3. The van der Waals surface area contributed by atoms with Gasteiger partial charge < -0.3 is 14.7 Å². The molecular weight excluding hydrogens is 1240 g/mol. The van der Waals surface area contributed by atoms with Gasteiger partial charge in [-0.3, -0.25) is 42.5 Å². The minimum absolute atomic E-state index is 0.0114. The smallest absolute Gasteiger partial charge is 0.271 e. The van der Waals surface area contributed by atoms with Crippen molar-refractivity contribution in [2.24, 2.45) is 0 Å².